The second kappa shape index (κ2) is 12.7. The highest BCUT2D eigenvalue weighted by Gasteiger charge is 2.23. The van der Waals surface area contributed by atoms with Gasteiger partial charge < -0.3 is 20.7 Å². The van der Waals surface area contributed by atoms with Crippen molar-refractivity contribution in [2.75, 3.05) is 25.0 Å². The molecule has 0 aliphatic heterocycles. The molecule has 5 rings (SSSR count). The first-order valence-electron chi connectivity index (χ1n) is 13.7. The number of rotatable bonds is 12. The van der Waals surface area contributed by atoms with Crippen LogP contribution in [-0.2, 0) is 6.54 Å². The Labute approximate surface area is 238 Å². The summed E-state index contributed by atoms with van der Waals surface area (Å²) >= 11 is 1.51. The Hall–Kier alpha value is -3.60. The minimum absolute atomic E-state index is 0.0714. The molecule has 0 spiro atoms. The SMILES string of the molecule is CCN(CCNC(C)C)Cc1ccc(-c2cc3nccc(Oc4ccc(NC(=O)NC5CC5)cc4F)c3s2)nc1. The van der Waals surface area contributed by atoms with Crippen LogP contribution >= 0.6 is 11.3 Å². The monoisotopic (exact) mass is 562 g/mol. The number of pyridine rings is 2. The van der Waals surface area contributed by atoms with Gasteiger partial charge in [-0.15, -0.1) is 11.3 Å². The number of amides is 2. The lowest BCUT2D eigenvalue weighted by atomic mass is 10.2. The summed E-state index contributed by atoms with van der Waals surface area (Å²) in [6.07, 6.45) is 5.54. The number of hydrogen-bond donors (Lipinski definition) is 3. The summed E-state index contributed by atoms with van der Waals surface area (Å²) < 4.78 is 21.6. The zero-order valence-corrected chi connectivity index (χ0v) is 23.9. The highest BCUT2D eigenvalue weighted by Crippen LogP contribution is 2.39. The van der Waals surface area contributed by atoms with E-state index >= 15 is 0 Å². The molecule has 3 heterocycles. The predicted molar refractivity (Wildman–Crippen MR) is 159 cm³/mol. The van der Waals surface area contributed by atoms with Gasteiger partial charge in [-0.05, 0) is 49.2 Å². The minimum atomic E-state index is -0.565. The number of thiophene rings is 1. The Morgan fingerprint density at radius 2 is 2.00 bits per heavy atom. The minimum Gasteiger partial charge on any atom is -0.453 e. The third-order valence-corrected chi connectivity index (χ3v) is 7.77. The van der Waals surface area contributed by atoms with E-state index in [2.05, 4.69) is 52.7 Å². The number of aromatic nitrogens is 2. The molecular weight excluding hydrogens is 527 g/mol. The molecule has 1 aromatic carbocycles. The fourth-order valence-corrected chi connectivity index (χ4v) is 5.31. The van der Waals surface area contributed by atoms with Crippen molar-refractivity contribution in [2.45, 2.75) is 52.2 Å². The molecule has 3 aromatic heterocycles. The molecule has 0 saturated heterocycles. The molecule has 1 aliphatic rings. The molecule has 2 amide bonds. The lowest BCUT2D eigenvalue weighted by molar-refractivity contribution is 0.251. The van der Waals surface area contributed by atoms with Gasteiger partial charge in [0.1, 0.15) is 5.75 Å². The highest BCUT2D eigenvalue weighted by atomic mass is 32.1. The van der Waals surface area contributed by atoms with Crippen molar-refractivity contribution in [3.05, 3.63) is 66.2 Å². The number of ether oxygens (including phenoxy) is 1. The third kappa shape index (κ3) is 7.32. The molecule has 210 valence electrons. The topological polar surface area (TPSA) is 91.4 Å². The van der Waals surface area contributed by atoms with E-state index in [-0.39, 0.29) is 17.8 Å². The van der Waals surface area contributed by atoms with Crippen molar-refractivity contribution >= 4 is 33.3 Å². The number of carbonyl (C=O) groups excluding carboxylic acids is 1. The summed E-state index contributed by atoms with van der Waals surface area (Å²) in [5.74, 6) is 0.0176. The fourth-order valence-electron chi connectivity index (χ4n) is 4.26. The lowest BCUT2D eigenvalue weighted by Gasteiger charge is -2.21. The molecule has 1 saturated carbocycles. The zero-order chi connectivity index (χ0) is 28.1. The molecule has 0 unspecified atom stereocenters. The lowest BCUT2D eigenvalue weighted by Crippen LogP contribution is -2.34. The molecule has 1 aliphatic carbocycles. The summed E-state index contributed by atoms with van der Waals surface area (Å²) in [7, 11) is 0. The van der Waals surface area contributed by atoms with Crippen molar-refractivity contribution in [3.63, 3.8) is 0 Å². The van der Waals surface area contributed by atoms with Crippen LogP contribution in [0.1, 0.15) is 39.2 Å². The third-order valence-electron chi connectivity index (χ3n) is 6.61. The van der Waals surface area contributed by atoms with Crippen molar-refractivity contribution in [3.8, 4) is 22.1 Å². The van der Waals surface area contributed by atoms with Crippen LogP contribution < -0.4 is 20.7 Å². The van der Waals surface area contributed by atoms with E-state index in [0.717, 1.165) is 65.4 Å². The van der Waals surface area contributed by atoms with Crippen molar-refractivity contribution in [2.24, 2.45) is 0 Å². The average molecular weight is 563 g/mol. The van der Waals surface area contributed by atoms with Crippen LogP contribution in [0.25, 0.3) is 20.8 Å². The first kappa shape index (κ1) is 27.9. The number of nitrogens with one attached hydrogen (secondary N) is 3. The average Bonchev–Trinajstić information content (AvgIpc) is 3.63. The van der Waals surface area contributed by atoms with Gasteiger partial charge in [0.15, 0.2) is 11.6 Å². The summed E-state index contributed by atoms with van der Waals surface area (Å²) in [6, 6.07) is 12.6. The smallest absolute Gasteiger partial charge is 0.319 e. The fraction of sp³-hybridized carbons (Fsp3) is 0.367. The Morgan fingerprint density at radius 1 is 1.15 bits per heavy atom. The molecule has 0 atom stereocenters. The zero-order valence-electron chi connectivity index (χ0n) is 23.0. The van der Waals surface area contributed by atoms with Crippen LogP contribution in [0.5, 0.6) is 11.5 Å². The van der Waals surface area contributed by atoms with E-state index in [4.69, 9.17) is 9.72 Å². The standard InChI is InChI=1S/C30H35FN6O2S/c1-4-37(14-13-32-19(2)3)18-20-5-9-24(34-17-20)28-16-25-29(40-28)27(11-12-33-25)39-26-10-8-22(15-23(26)31)36-30(38)35-21-6-7-21/h5,8-12,15-17,19,21,32H,4,6-7,13-14,18H2,1-3H3,(H2,35,36,38). The van der Waals surface area contributed by atoms with Crippen LogP contribution in [-0.4, -0.2) is 52.6 Å². The van der Waals surface area contributed by atoms with Crippen molar-refractivity contribution in [1.82, 2.24) is 25.5 Å². The van der Waals surface area contributed by atoms with Gasteiger partial charge in [-0.25, -0.2) is 9.18 Å². The maximum atomic E-state index is 14.9. The van der Waals surface area contributed by atoms with E-state index < -0.39 is 5.82 Å². The van der Waals surface area contributed by atoms with E-state index in [0.29, 0.717) is 17.5 Å². The number of likely N-dealkylation sites (N-methyl/N-ethyl adjacent to an activating group) is 1. The van der Waals surface area contributed by atoms with Crippen molar-refractivity contribution in [1.29, 1.82) is 0 Å². The number of nitrogens with zero attached hydrogens (tertiary/aromatic N) is 3. The van der Waals surface area contributed by atoms with Gasteiger partial charge in [0.25, 0.3) is 0 Å². The number of benzene rings is 1. The Bertz CT molecular complexity index is 1450. The first-order valence-corrected chi connectivity index (χ1v) is 14.5. The van der Waals surface area contributed by atoms with Gasteiger partial charge in [-0.1, -0.05) is 26.8 Å². The van der Waals surface area contributed by atoms with Gasteiger partial charge in [0.05, 0.1) is 20.8 Å². The van der Waals surface area contributed by atoms with E-state index in [9.17, 15) is 9.18 Å². The van der Waals surface area contributed by atoms with Gasteiger partial charge in [0.2, 0.25) is 0 Å². The number of halogens is 1. The highest BCUT2D eigenvalue weighted by molar-refractivity contribution is 7.22. The van der Waals surface area contributed by atoms with Crippen LogP contribution in [0.15, 0.2) is 54.9 Å². The second-order valence-corrected chi connectivity index (χ2v) is 11.3. The Morgan fingerprint density at radius 3 is 2.70 bits per heavy atom. The quantitative estimate of drug-likeness (QED) is 0.185. The van der Waals surface area contributed by atoms with Gasteiger partial charge in [-0.3, -0.25) is 14.9 Å². The normalized spacial score (nSPS) is 13.2. The number of hydrogen-bond acceptors (Lipinski definition) is 7. The van der Waals surface area contributed by atoms with Gasteiger partial charge in [0, 0.05) is 61.9 Å². The van der Waals surface area contributed by atoms with Crippen LogP contribution in [0.2, 0.25) is 0 Å². The maximum Gasteiger partial charge on any atom is 0.319 e. The number of urea groups is 1. The Balaban J connectivity index is 1.26. The van der Waals surface area contributed by atoms with Crippen LogP contribution in [0.4, 0.5) is 14.9 Å². The Kier molecular flexibility index (Phi) is 8.88. The summed E-state index contributed by atoms with van der Waals surface area (Å²) in [5, 5.41) is 8.95. The molecule has 3 N–H and O–H groups in total. The van der Waals surface area contributed by atoms with E-state index in [1.54, 1.807) is 18.3 Å². The van der Waals surface area contributed by atoms with Crippen molar-refractivity contribution < 1.29 is 13.9 Å². The van der Waals surface area contributed by atoms with Gasteiger partial charge in [-0.2, -0.15) is 0 Å². The first-order chi connectivity index (χ1) is 19.4. The van der Waals surface area contributed by atoms with Crippen LogP contribution in [0, 0.1) is 5.82 Å². The molecule has 4 aromatic rings. The molecule has 40 heavy (non-hydrogen) atoms. The molecular formula is C30H35FN6O2S. The summed E-state index contributed by atoms with van der Waals surface area (Å²) in [6.45, 7) is 10.2. The number of carbonyl (C=O) groups is 1. The maximum absolute atomic E-state index is 14.9. The molecule has 0 bridgehead atoms. The van der Waals surface area contributed by atoms with E-state index in [1.807, 2.05) is 18.3 Å². The second-order valence-electron chi connectivity index (χ2n) is 10.3. The number of anilines is 1. The molecule has 8 nitrogen and oxygen atoms in total. The largest absolute Gasteiger partial charge is 0.453 e. The predicted octanol–water partition coefficient (Wildman–Crippen LogP) is 6.39. The molecule has 1 fully saturated rings. The van der Waals surface area contributed by atoms with Crippen LogP contribution in [0.3, 0.4) is 0 Å². The molecule has 0 radical (unpaired) electrons. The summed E-state index contributed by atoms with van der Waals surface area (Å²) in [4.78, 5) is 24.5. The van der Waals surface area contributed by atoms with E-state index in [1.165, 1.54) is 23.5 Å². The number of fused-ring (bicyclic) bond motifs is 1. The summed E-state index contributed by atoms with van der Waals surface area (Å²) in [5.41, 5.74) is 3.14. The molecule has 10 heteroatoms. The van der Waals surface area contributed by atoms with Gasteiger partial charge >= 0.3 is 6.03 Å².